The van der Waals surface area contributed by atoms with Gasteiger partial charge in [-0.2, -0.15) is 0 Å². The van der Waals surface area contributed by atoms with Gasteiger partial charge >= 0.3 is 0 Å². The summed E-state index contributed by atoms with van der Waals surface area (Å²) in [6, 6.07) is 2.24. The zero-order chi connectivity index (χ0) is 12.3. The van der Waals surface area contributed by atoms with Crippen LogP contribution in [0.25, 0.3) is 0 Å². The lowest BCUT2D eigenvalue weighted by atomic mass is 9.84. The first kappa shape index (κ1) is 12.8. The second kappa shape index (κ2) is 5.21. The second-order valence-corrected chi connectivity index (χ2v) is 4.66. The Morgan fingerprint density at radius 2 is 1.62 bits per heavy atom. The molecule has 0 heterocycles. The molecule has 0 nitrogen and oxygen atoms in total. The average molecular weight is 213 g/mol. The van der Waals surface area contributed by atoms with E-state index < -0.39 is 0 Å². The van der Waals surface area contributed by atoms with Gasteiger partial charge in [0.05, 0.1) is 0 Å². The lowest BCUT2D eigenvalue weighted by Crippen LogP contribution is -2.05. The van der Waals surface area contributed by atoms with Crippen molar-refractivity contribution in [1.29, 1.82) is 0 Å². The molecule has 0 aliphatic heterocycles. The van der Waals surface area contributed by atoms with E-state index in [1.807, 2.05) is 0 Å². The van der Waals surface area contributed by atoms with Gasteiger partial charge < -0.3 is 0 Å². The quantitative estimate of drug-likeness (QED) is 0.653. The van der Waals surface area contributed by atoms with Crippen LogP contribution in [0.3, 0.4) is 0 Å². The third-order valence-electron chi connectivity index (χ3n) is 3.52. The van der Waals surface area contributed by atoms with Crippen LogP contribution in [0.1, 0.15) is 53.5 Å². The molecule has 1 atom stereocenters. The summed E-state index contributed by atoms with van der Waals surface area (Å²) in [6.45, 7) is 10.8. The summed E-state index contributed by atoms with van der Waals surface area (Å²) in [7, 11) is 0. The van der Waals surface area contributed by atoms with E-state index >= 15 is 0 Å². The SMILES string of the molecule is [C]#CC(CCC)c1c(C)c(C)cc(C)c1C. The van der Waals surface area contributed by atoms with Crippen LogP contribution in [-0.2, 0) is 0 Å². The van der Waals surface area contributed by atoms with Crippen LogP contribution in [0.4, 0.5) is 0 Å². The minimum absolute atomic E-state index is 0.170. The summed E-state index contributed by atoms with van der Waals surface area (Å²) >= 11 is 0. The largest absolute Gasteiger partial charge is 0.0809 e. The van der Waals surface area contributed by atoms with Crippen LogP contribution < -0.4 is 0 Å². The van der Waals surface area contributed by atoms with Crippen LogP contribution in [0, 0.1) is 40.0 Å². The van der Waals surface area contributed by atoms with Crippen LogP contribution in [0.5, 0.6) is 0 Å². The summed E-state index contributed by atoms with van der Waals surface area (Å²) in [6.07, 6.45) is 9.61. The molecule has 0 spiro atoms. The lowest BCUT2D eigenvalue weighted by molar-refractivity contribution is 0.724. The van der Waals surface area contributed by atoms with Crippen molar-refractivity contribution >= 4 is 0 Å². The fourth-order valence-electron chi connectivity index (χ4n) is 2.35. The summed E-state index contributed by atoms with van der Waals surface area (Å²) < 4.78 is 0. The van der Waals surface area contributed by atoms with Gasteiger partial charge in [0.15, 0.2) is 0 Å². The van der Waals surface area contributed by atoms with Crippen LogP contribution >= 0.6 is 0 Å². The van der Waals surface area contributed by atoms with Crippen LogP contribution in [-0.4, -0.2) is 0 Å². The number of rotatable bonds is 3. The third-order valence-corrected chi connectivity index (χ3v) is 3.52. The minimum atomic E-state index is 0.170. The molecule has 0 fully saturated rings. The van der Waals surface area contributed by atoms with E-state index in [4.69, 9.17) is 6.42 Å². The Labute approximate surface area is 100 Å². The number of hydrogen-bond acceptors (Lipinski definition) is 0. The van der Waals surface area contributed by atoms with Crippen molar-refractivity contribution in [1.82, 2.24) is 0 Å². The highest BCUT2D eigenvalue weighted by molar-refractivity contribution is 5.47. The molecule has 0 N–H and O–H groups in total. The molecular formula is C16H21. The first-order chi connectivity index (χ1) is 7.52. The number of hydrogen-bond donors (Lipinski definition) is 0. The van der Waals surface area contributed by atoms with E-state index in [0.29, 0.717) is 0 Å². The maximum Gasteiger partial charge on any atom is 0.0467 e. The maximum atomic E-state index is 7.49. The molecule has 16 heavy (non-hydrogen) atoms. The van der Waals surface area contributed by atoms with Crippen molar-refractivity contribution in [3.63, 3.8) is 0 Å². The molecule has 0 aromatic heterocycles. The Hall–Kier alpha value is -1.22. The molecule has 85 valence electrons. The molecular weight excluding hydrogens is 192 g/mol. The summed E-state index contributed by atoms with van der Waals surface area (Å²) in [5.41, 5.74) is 6.65. The standard InChI is InChI=1S/C16H21/c1-7-9-15(8-2)16-13(5)11(3)10-12(4)14(16)6/h10,15H,7,9H2,1,3-6H3. The molecule has 1 aromatic rings. The Balaban J connectivity index is 3.36. The molecule has 0 amide bonds. The molecule has 0 aliphatic rings. The Morgan fingerprint density at radius 1 is 1.12 bits per heavy atom. The zero-order valence-electron chi connectivity index (χ0n) is 11.1. The first-order valence-corrected chi connectivity index (χ1v) is 6.02. The Bertz CT molecular complexity index is 392. The molecule has 1 aromatic carbocycles. The van der Waals surface area contributed by atoms with Crippen molar-refractivity contribution in [2.45, 2.75) is 53.4 Å². The third kappa shape index (κ3) is 2.30. The van der Waals surface area contributed by atoms with Crippen molar-refractivity contribution in [3.8, 4) is 5.92 Å². The highest BCUT2D eigenvalue weighted by Gasteiger charge is 2.15. The Morgan fingerprint density at radius 3 is 2.00 bits per heavy atom. The van der Waals surface area contributed by atoms with Crippen molar-refractivity contribution < 1.29 is 0 Å². The molecule has 1 rings (SSSR count). The van der Waals surface area contributed by atoms with Gasteiger partial charge in [-0.1, -0.05) is 25.3 Å². The van der Waals surface area contributed by atoms with Crippen LogP contribution in [0.15, 0.2) is 6.07 Å². The molecule has 0 saturated heterocycles. The van der Waals surface area contributed by atoms with Crippen molar-refractivity contribution in [2.75, 3.05) is 0 Å². The number of aryl methyl sites for hydroxylation is 2. The van der Waals surface area contributed by atoms with Gasteiger partial charge in [0.2, 0.25) is 0 Å². The van der Waals surface area contributed by atoms with E-state index in [9.17, 15) is 0 Å². The van der Waals surface area contributed by atoms with E-state index in [2.05, 4.69) is 46.6 Å². The zero-order valence-corrected chi connectivity index (χ0v) is 11.1. The monoisotopic (exact) mass is 213 g/mol. The summed E-state index contributed by atoms with van der Waals surface area (Å²) in [5, 5.41) is 0. The van der Waals surface area contributed by atoms with E-state index in [1.54, 1.807) is 0 Å². The number of benzene rings is 1. The molecule has 1 radical (unpaired) electrons. The topological polar surface area (TPSA) is 0 Å². The smallest absolute Gasteiger partial charge is 0.0467 e. The van der Waals surface area contributed by atoms with E-state index in [1.165, 1.54) is 27.8 Å². The molecule has 0 saturated carbocycles. The van der Waals surface area contributed by atoms with Gasteiger partial charge in [0, 0.05) is 5.92 Å². The molecule has 1 unspecified atom stereocenters. The van der Waals surface area contributed by atoms with Gasteiger partial charge in [0.25, 0.3) is 0 Å². The molecule has 0 heteroatoms. The maximum absolute atomic E-state index is 7.49. The summed E-state index contributed by atoms with van der Waals surface area (Å²) in [5.74, 6) is 2.88. The summed E-state index contributed by atoms with van der Waals surface area (Å²) in [4.78, 5) is 0. The van der Waals surface area contributed by atoms with Gasteiger partial charge in [0.1, 0.15) is 0 Å². The lowest BCUT2D eigenvalue weighted by Gasteiger charge is -2.20. The predicted molar refractivity (Wildman–Crippen MR) is 70.2 cm³/mol. The Kier molecular flexibility index (Phi) is 4.19. The predicted octanol–water partition coefficient (Wildman–Crippen LogP) is 4.39. The van der Waals surface area contributed by atoms with E-state index in [-0.39, 0.29) is 5.92 Å². The highest BCUT2D eigenvalue weighted by atomic mass is 14.2. The fourth-order valence-corrected chi connectivity index (χ4v) is 2.35. The minimum Gasteiger partial charge on any atom is -0.0809 e. The second-order valence-electron chi connectivity index (χ2n) is 4.66. The van der Waals surface area contributed by atoms with Crippen LogP contribution in [0.2, 0.25) is 0 Å². The van der Waals surface area contributed by atoms with Crippen molar-refractivity contribution in [2.24, 2.45) is 0 Å². The van der Waals surface area contributed by atoms with Crippen molar-refractivity contribution in [3.05, 3.63) is 40.3 Å². The molecule has 0 aliphatic carbocycles. The van der Waals surface area contributed by atoms with Gasteiger partial charge in [-0.25, -0.2) is 0 Å². The van der Waals surface area contributed by atoms with Gasteiger partial charge in [-0.15, -0.1) is 0 Å². The highest BCUT2D eigenvalue weighted by Crippen LogP contribution is 2.30. The first-order valence-electron chi connectivity index (χ1n) is 6.02. The average Bonchev–Trinajstić information content (AvgIpc) is 2.25. The van der Waals surface area contributed by atoms with E-state index in [0.717, 1.165) is 12.8 Å². The normalized spacial score (nSPS) is 12.2. The molecule has 0 bridgehead atoms. The van der Waals surface area contributed by atoms with Gasteiger partial charge in [-0.05, 0) is 68.4 Å². The van der Waals surface area contributed by atoms with Gasteiger partial charge in [-0.3, -0.25) is 0 Å². The fraction of sp³-hybridized carbons (Fsp3) is 0.500.